The number of hydrogen-bond acceptors (Lipinski definition) is 4. The van der Waals surface area contributed by atoms with Crippen molar-refractivity contribution in [1.82, 2.24) is 10.2 Å². The topological polar surface area (TPSA) is 67.6 Å². The van der Waals surface area contributed by atoms with Crippen LogP contribution in [0.15, 0.2) is 0 Å². The molecule has 92 valence electrons. The number of morpholine rings is 1. The van der Waals surface area contributed by atoms with Gasteiger partial charge in [0, 0.05) is 13.1 Å². The number of nitrogens with one attached hydrogen (secondary N) is 1. The molecule has 2 aliphatic rings. The predicted octanol–water partition coefficient (Wildman–Crippen LogP) is -0.828. The number of carbonyl (C=O) groups is 1. The number of carbonyl (C=O) groups excluding carboxylic acids is 1. The highest BCUT2D eigenvalue weighted by molar-refractivity contribution is 5.78. The Morgan fingerprint density at radius 3 is 2.88 bits per heavy atom. The first-order valence-corrected chi connectivity index (χ1v) is 6.09. The quantitative estimate of drug-likeness (QED) is 0.660. The van der Waals surface area contributed by atoms with Gasteiger partial charge in [-0.05, 0) is 31.8 Å². The Hall–Kier alpha value is -0.650. The van der Waals surface area contributed by atoms with Crippen molar-refractivity contribution < 1.29 is 9.53 Å². The summed E-state index contributed by atoms with van der Waals surface area (Å²) in [6.07, 6.45) is 2.31. The largest absolute Gasteiger partial charge is 0.369 e. The summed E-state index contributed by atoms with van der Waals surface area (Å²) >= 11 is 0. The van der Waals surface area contributed by atoms with Crippen LogP contribution in [0.1, 0.15) is 12.8 Å². The lowest BCUT2D eigenvalue weighted by Gasteiger charge is -2.38. The van der Waals surface area contributed by atoms with Crippen LogP contribution in [0.25, 0.3) is 0 Å². The molecule has 0 radical (unpaired) electrons. The summed E-state index contributed by atoms with van der Waals surface area (Å²) in [6, 6.07) is 0.0798. The molecule has 0 aromatic heterocycles. The molecule has 5 nitrogen and oxygen atoms in total. The normalized spacial score (nSPS) is 28.4. The highest BCUT2D eigenvalue weighted by Gasteiger charge is 2.29. The molecule has 0 aromatic rings. The van der Waals surface area contributed by atoms with Crippen molar-refractivity contribution in [3.05, 3.63) is 0 Å². The second-order valence-electron chi connectivity index (χ2n) is 4.64. The Kier molecular flexibility index (Phi) is 4.15. The number of piperidine rings is 1. The Morgan fingerprint density at radius 2 is 2.19 bits per heavy atom. The van der Waals surface area contributed by atoms with E-state index in [0.29, 0.717) is 19.1 Å². The van der Waals surface area contributed by atoms with Gasteiger partial charge in [-0.15, -0.1) is 0 Å². The van der Waals surface area contributed by atoms with Crippen LogP contribution < -0.4 is 11.1 Å². The second kappa shape index (κ2) is 5.61. The van der Waals surface area contributed by atoms with Gasteiger partial charge in [-0.1, -0.05) is 0 Å². The molecule has 2 heterocycles. The van der Waals surface area contributed by atoms with E-state index in [-0.39, 0.29) is 18.6 Å². The number of hydrogen-bond donors (Lipinski definition) is 2. The number of nitrogens with two attached hydrogens (primary N) is 1. The monoisotopic (exact) mass is 227 g/mol. The summed E-state index contributed by atoms with van der Waals surface area (Å²) in [5.41, 5.74) is 5.67. The highest BCUT2D eigenvalue weighted by Crippen LogP contribution is 2.17. The maximum absolute atomic E-state index is 11.8. The number of rotatable bonds is 3. The maximum Gasteiger partial charge on any atom is 0.248 e. The van der Waals surface area contributed by atoms with Crippen LogP contribution >= 0.6 is 0 Å². The zero-order valence-corrected chi connectivity index (χ0v) is 9.65. The van der Waals surface area contributed by atoms with Gasteiger partial charge in [0.15, 0.2) is 0 Å². The van der Waals surface area contributed by atoms with Crippen LogP contribution in [0.3, 0.4) is 0 Å². The third-order valence-electron chi connectivity index (χ3n) is 3.48. The maximum atomic E-state index is 11.8. The van der Waals surface area contributed by atoms with Gasteiger partial charge >= 0.3 is 0 Å². The number of amides is 1. The van der Waals surface area contributed by atoms with Crippen molar-refractivity contribution >= 4 is 5.91 Å². The lowest BCUT2D eigenvalue weighted by Crippen LogP contribution is -2.54. The zero-order chi connectivity index (χ0) is 11.4. The Morgan fingerprint density at radius 1 is 1.44 bits per heavy atom. The molecule has 5 heteroatoms. The SMILES string of the molecule is NCC1COCC(=O)N1CC1CCNCC1. The fourth-order valence-corrected chi connectivity index (χ4v) is 2.45. The molecule has 2 aliphatic heterocycles. The molecule has 3 N–H and O–H groups in total. The van der Waals surface area contributed by atoms with E-state index >= 15 is 0 Å². The van der Waals surface area contributed by atoms with Crippen LogP contribution in [0.4, 0.5) is 0 Å². The summed E-state index contributed by atoms with van der Waals surface area (Å²) < 4.78 is 5.22. The van der Waals surface area contributed by atoms with Crippen LogP contribution in [0.2, 0.25) is 0 Å². The van der Waals surface area contributed by atoms with Crippen LogP contribution in [0.5, 0.6) is 0 Å². The third-order valence-corrected chi connectivity index (χ3v) is 3.48. The van der Waals surface area contributed by atoms with Crippen LogP contribution in [-0.4, -0.2) is 56.2 Å². The predicted molar refractivity (Wildman–Crippen MR) is 61.0 cm³/mol. The van der Waals surface area contributed by atoms with E-state index in [2.05, 4.69) is 5.32 Å². The number of ether oxygens (including phenoxy) is 1. The first-order valence-electron chi connectivity index (χ1n) is 6.09. The first-order chi connectivity index (χ1) is 7.81. The highest BCUT2D eigenvalue weighted by atomic mass is 16.5. The van der Waals surface area contributed by atoms with E-state index in [1.165, 1.54) is 0 Å². The van der Waals surface area contributed by atoms with Crippen molar-refractivity contribution in [2.75, 3.05) is 39.4 Å². The van der Waals surface area contributed by atoms with Gasteiger partial charge in [0.1, 0.15) is 6.61 Å². The fourth-order valence-electron chi connectivity index (χ4n) is 2.45. The van der Waals surface area contributed by atoms with Crippen molar-refractivity contribution in [2.24, 2.45) is 11.7 Å². The molecule has 2 fully saturated rings. The van der Waals surface area contributed by atoms with E-state index in [1.807, 2.05) is 4.90 Å². The molecule has 1 amide bonds. The second-order valence-corrected chi connectivity index (χ2v) is 4.64. The minimum Gasteiger partial charge on any atom is -0.369 e. The summed E-state index contributed by atoms with van der Waals surface area (Å²) in [7, 11) is 0. The Balaban J connectivity index is 1.91. The fraction of sp³-hybridized carbons (Fsp3) is 0.909. The van der Waals surface area contributed by atoms with Crippen molar-refractivity contribution in [2.45, 2.75) is 18.9 Å². The first kappa shape index (κ1) is 11.8. The van der Waals surface area contributed by atoms with Gasteiger partial charge in [-0.3, -0.25) is 4.79 Å². The third kappa shape index (κ3) is 2.72. The van der Waals surface area contributed by atoms with Crippen molar-refractivity contribution in [1.29, 1.82) is 0 Å². The molecule has 0 aromatic carbocycles. The minimum atomic E-state index is 0.0798. The molecule has 1 unspecified atom stereocenters. The smallest absolute Gasteiger partial charge is 0.248 e. The Bertz CT molecular complexity index is 241. The molecule has 0 saturated carbocycles. The molecule has 0 spiro atoms. The summed E-state index contributed by atoms with van der Waals surface area (Å²) in [5, 5.41) is 3.34. The van der Waals surface area contributed by atoms with Gasteiger partial charge in [0.2, 0.25) is 5.91 Å². The molecule has 1 atom stereocenters. The molecule has 0 bridgehead atoms. The standard InChI is InChI=1S/C11H21N3O2/c12-5-10-7-16-8-11(15)14(10)6-9-1-3-13-4-2-9/h9-10,13H,1-8,12H2. The lowest BCUT2D eigenvalue weighted by molar-refractivity contribution is -0.148. The molecule has 0 aliphatic carbocycles. The average Bonchev–Trinajstić information content (AvgIpc) is 2.33. The van der Waals surface area contributed by atoms with Gasteiger partial charge < -0.3 is 20.7 Å². The van der Waals surface area contributed by atoms with E-state index in [0.717, 1.165) is 32.5 Å². The molecule has 16 heavy (non-hydrogen) atoms. The summed E-state index contributed by atoms with van der Waals surface area (Å²) in [5.74, 6) is 0.720. The van der Waals surface area contributed by atoms with Crippen LogP contribution in [0, 0.1) is 5.92 Å². The molecule has 2 rings (SSSR count). The minimum absolute atomic E-state index is 0.0798. The van der Waals surface area contributed by atoms with E-state index in [9.17, 15) is 4.79 Å². The molecular formula is C11H21N3O2. The summed E-state index contributed by atoms with van der Waals surface area (Å²) in [4.78, 5) is 13.7. The van der Waals surface area contributed by atoms with Gasteiger partial charge in [0.05, 0.1) is 12.6 Å². The van der Waals surface area contributed by atoms with E-state index in [4.69, 9.17) is 10.5 Å². The van der Waals surface area contributed by atoms with Gasteiger partial charge in [-0.2, -0.15) is 0 Å². The molecular weight excluding hydrogens is 206 g/mol. The van der Waals surface area contributed by atoms with E-state index < -0.39 is 0 Å². The summed E-state index contributed by atoms with van der Waals surface area (Å²) in [6.45, 7) is 4.30. The van der Waals surface area contributed by atoms with Crippen molar-refractivity contribution in [3.63, 3.8) is 0 Å². The van der Waals surface area contributed by atoms with Gasteiger partial charge in [0.25, 0.3) is 0 Å². The van der Waals surface area contributed by atoms with E-state index in [1.54, 1.807) is 0 Å². The van der Waals surface area contributed by atoms with Crippen molar-refractivity contribution in [3.8, 4) is 0 Å². The number of nitrogens with zero attached hydrogens (tertiary/aromatic N) is 1. The molecule has 2 saturated heterocycles. The van der Waals surface area contributed by atoms with Crippen LogP contribution in [-0.2, 0) is 9.53 Å². The zero-order valence-electron chi connectivity index (χ0n) is 9.65. The lowest BCUT2D eigenvalue weighted by atomic mass is 9.96. The van der Waals surface area contributed by atoms with Gasteiger partial charge in [-0.25, -0.2) is 0 Å². The Labute approximate surface area is 96.3 Å². The average molecular weight is 227 g/mol.